The predicted octanol–water partition coefficient (Wildman–Crippen LogP) is 4.74. The zero-order valence-corrected chi connectivity index (χ0v) is 17.4. The first kappa shape index (κ1) is 18.3. The Morgan fingerprint density at radius 3 is 2.68 bits per heavy atom. The van der Waals surface area contributed by atoms with Crippen LogP contribution in [0.25, 0.3) is 10.2 Å². The molecule has 5 nitrogen and oxygen atoms in total. The highest BCUT2D eigenvalue weighted by Gasteiger charge is 2.16. The van der Waals surface area contributed by atoms with Crippen LogP contribution in [0.15, 0.2) is 10.4 Å². The van der Waals surface area contributed by atoms with E-state index in [0.717, 1.165) is 37.6 Å². The molecule has 0 aliphatic rings. The van der Waals surface area contributed by atoms with Crippen molar-refractivity contribution >= 4 is 55.7 Å². The third-order valence-electron chi connectivity index (χ3n) is 3.93. The van der Waals surface area contributed by atoms with Gasteiger partial charge in [-0.1, -0.05) is 11.8 Å². The van der Waals surface area contributed by atoms with Gasteiger partial charge in [0.25, 0.3) is 0 Å². The molecule has 25 heavy (non-hydrogen) atoms. The van der Waals surface area contributed by atoms with Crippen LogP contribution in [-0.4, -0.2) is 27.4 Å². The summed E-state index contributed by atoms with van der Waals surface area (Å²) in [6, 6.07) is 0. The zero-order valence-electron chi connectivity index (χ0n) is 14.9. The van der Waals surface area contributed by atoms with Gasteiger partial charge in [0.05, 0.1) is 5.69 Å². The van der Waals surface area contributed by atoms with E-state index in [2.05, 4.69) is 28.8 Å². The third-order valence-corrected chi connectivity index (χ3v) is 6.95. The van der Waals surface area contributed by atoms with Crippen molar-refractivity contribution in [3.63, 3.8) is 0 Å². The summed E-state index contributed by atoms with van der Waals surface area (Å²) in [5, 5.41) is 4.95. The van der Waals surface area contributed by atoms with Crippen LogP contribution in [0.5, 0.6) is 0 Å². The maximum Gasteiger partial charge on any atom is 0.225 e. The second kappa shape index (κ2) is 7.39. The summed E-state index contributed by atoms with van der Waals surface area (Å²) in [7, 11) is 0. The SMILES string of the molecule is CCN(C(C)=O)c1nc(CSc2nc(C)nc3sc(C)c(C)c23)cs1. The van der Waals surface area contributed by atoms with E-state index in [1.54, 1.807) is 34.9 Å². The number of aromatic nitrogens is 3. The number of fused-ring (bicyclic) bond motifs is 1. The van der Waals surface area contributed by atoms with Gasteiger partial charge in [-0.2, -0.15) is 0 Å². The normalized spacial score (nSPS) is 11.2. The van der Waals surface area contributed by atoms with Gasteiger partial charge in [-0.15, -0.1) is 22.7 Å². The van der Waals surface area contributed by atoms with Crippen molar-refractivity contribution in [3.8, 4) is 0 Å². The van der Waals surface area contributed by atoms with Crippen molar-refractivity contribution in [3.05, 3.63) is 27.3 Å². The van der Waals surface area contributed by atoms with E-state index in [1.165, 1.54) is 21.8 Å². The van der Waals surface area contributed by atoms with E-state index in [0.29, 0.717) is 6.54 Å². The van der Waals surface area contributed by atoms with Crippen molar-refractivity contribution < 1.29 is 4.79 Å². The highest BCUT2D eigenvalue weighted by molar-refractivity contribution is 7.98. The van der Waals surface area contributed by atoms with Gasteiger partial charge < -0.3 is 0 Å². The number of carbonyl (C=O) groups is 1. The topological polar surface area (TPSA) is 59.0 Å². The van der Waals surface area contributed by atoms with E-state index >= 15 is 0 Å². The van der Waals surface area contributed by atoms with Crippen LogP contribution in [-0.2, 0) is 10.5 Å². The Labute approximate surface area is 159 Å². The number of thiazole rings is 1. The molecular formula is C17H20N4OS3. The summed E-state index contributed by atoms with van der Waals surface area (Å²) in [4.78, 5) is 29.5. The summed E-state index contributed by atoms with van der Waals surface area (Å²) >= 11 is 4.91. The molecule has 0 radical (unpaired) electrons. The molecule has 0 bridgehead atoms. The standard InChI is InChI=1S/C17H20N4OS3/c1-6-21(12(5)22)17-20-13(8-24-17)7-23-15-14-9(2)10(3)25-16(14)19-11(4)18-15/h8H,6-7H2,1-5H3. The molecular weight excluding hydrogens is 372 g/mol. The molecule has 3 heterocycles. The first-order valence-corrected chi connectivity index (χ1v) is 10.7. The van der Waals surface area contributed by atoms with Gasteiger partial charge in [0.2, 0.25) is 5.91 Å². The number of anilines is 1. The van der Waals surface area contributed by atoms with Crippen LogP contribution < -0.4 is 4.90 Å². The average molecular weight is 393 g/mol. The molecule has 0 N–H and O–H groups in total. The first-order chi connectivity index (χ1) is 11.9. The van der Waals surface area contributed by atoms with Crippen LogP contribution >= 0.6 is 34.4 Å². The maximum atomic E-state index is 11.7. The van der Waals surface area contributed by atoms with Crippen molar-refractivity contribution in [2.24, 2.45) is 0 Å². The summed E-state index contributed by atoms with van der Waals surface area (Å²) in [5.41, 5.74) is 2.23. The highest BCUT2D eigenvalue weighted by atomic mass is 32.2. The highest BCUT2D eigenvalue weighted by Crippen LogP contribution is 2.36. The number of aryl methyl sites for hydroxylation is 3. The average Bonchev–Trinajstić information content (AvgIpc) is 3.11. The van der Waals surface area contributed by atoms with Crippen molar-refractivity contribution in [1.29, 1.82) is 0 Å². The van der Waals surface area contributed by atoms with E-state index in [1.807, 2.05) is 19.2 Å². The number of hydrogen-bond donors (Lipinski definition) is 0. The fourth-order valence-corrected chi connectivity index (χ4v) is 5.74. The second-order valence-corrected chi connectivity index (χ2v) is 8.72. The van der Waals surface area contributed by atoms with E-state index in [9.17, 15) is 4.79 Å². The molecule has 0 aliphatic heterocycles. The Bertz CT molecular complexity index is 932. The van der Waals surface area contributed by atoms with Gasteiger partial charge in [0, 0.05) is 34.9 Å². The number of rotatable bonds is 5. The van der Waals surface area contributed by atoms with Crippen LogP contribution in [0.1, 0.15) is 35.8 Å². The van der Waals surface area contributed by atoms with Crippen molar-refractivity contribution in [1.82, 2.24) is 15.0 Å². The molecule has 0 aliphatic carbocycles. The number of hydrogen-bond acceptors (Lipinski definition) is 7. The van der Waals surface area contributed by atoms with Crippen LogP contribution in [0, 0.1) is 20.8 Å². The molecule has 3 rings (SSSR count). The van der Waals surface area contributed by atoms with Gasteiger partial charge in [0.1, 0.15) is 15.7 Å². The Morgan fingerprint density at radius 1 is 1.24 bits per heavy atom. The smallest absolute Gasteiger partial charge is 0.225 e. The first-order valence-electron chi connectivity index (χ1n) is 8.00. The van der Waals surface area contributed by atoms with Gasteiger partial charge in [-0.05, 0) is 33.3 Å². The Hall–Kier alpha value is -1.51. The lowest BCUT2D eigenvalue weighted by atomic mass is 10.2. The molecule has 1 amide bonds. The van der Waals surface area contributed by atoms with E-state index < -0.39 is 0 Å². The number of thioether (sulfide) groups is 1. The molecule has 0 atom stereocenters. The number of carbonyl (C=O) groups excluding carboxylic acids is 1. The lowest BCUT2D eigenvalue weighted by Crippen LogP contribution is -2.27. The van der Waals surface area contributed by atoms with Crippen LogP contribution in [0.2, 0.25) is 0 Å². The minimum absolute atomic E-state index is 0.0218. The molecule has 132 valence electrons. The lowest BCUT2D eigenvalue weighted by Gasteiger charge is -2.14. The number of nitrogens with zero attached hydrogens (tertiary/aromatic N) is 4. The number of thiophene rings is 1. The van der Waals surface area contributed by atoms with E-state index in [4.69, 9.17) is 0 Å². The Morgan fingerprint density at radius 2 is 2.00 bits per heavy atom. The predicted molar refractivity (Wildman–Crippen MR) is 107 cm³/mol. The summed E-state index contributed by atoms with van der Waals surface area (Å²) < 4.78 is 0. The lowest BCUT2D eigenvalue weighted by molar-refractivity contribution is -0.116. The molecule has 0 aromatic carbocycles. The molecule has 0 spiro atoms. The maximum absolute atomic E-state index is 11.7. The largest absolute Gasteiger partial charge is 0.289 e. The second-order valence-electron chi connectivity index (χ2n) is 5.71. The number of amides is 1. The third kappa shape index (κ3) is 3.70. The van der Waals surface area contributed by atoms with Crippen molar-refractivity contribution in [2.45, 2.75) is 45.4 Å². The van der Waals surface area contributed by atoms with Gasteiger partial charge >= 0.3 is 0 Å². The van der Waals surface area contributed by atoms with E-state index in [-0.39, 0.29) is 5.91 Å². The fourth-order valence-electron chi connectivity index (χ4n) is 2.54. The van der Waals surface area contributed by atoms with Gasteiger partial charge in [0.15, 0.2) is 5.13 Å². The Balaban J connectivity index is 1.84. The summed E-state index contributed by atoms with van der Waals surface area (Å²) in [6.07, 6.45) is 0. The quantitative estimate of drug-likeness (QED) is 0.464. The zero-order chi connectivity index (χ0) is 18.1. The molecule has 0 fully saturated rings. The van der Waals surface area contributed by atoms with Gasteiger partial charge in [-0.25, -0.2) is 15.0 Å². The molecule has 0 unspecified atom stereocenters. The Kier molecular flexibility index (Phi) is 5.41. The van der Waals surface area contributed by atoms with Crippen LogP contribution in [0.3, 0.4) is 0 Å². The molecule has 0 saturated carbocycles. The minimum atomic E-state index is 0.0218. The monoisotopic (exact) mass is 392 g/mol. The van der Waals surface area contributed by atoms with Crippen LogP contribution in [0.4, 0.5) is 5.13 Å². The fraction of sp³-hybridized carbons (Fsp3) is 0.412. The summed E-state index contributed by atoms with van der Waals surface area (Å²) in [6.45, 7) is 10.3. The molecule has 3 aromatic rings. The molecule has 0 saturated heterocycles. The summed E-state index contributed by atoms with van der Waals surface area (Å²) in [5.74, 6) is 1.55. The molecule has 3 aromatic heterocycles. The van der Waals surface area contributed by atoms with Gasteiger partial charge in [-0.3, -0.25) is 9.69 Å². The van der Waals surface area contributed by atoms with Crippen molar-refractivity contribution in [2.75, 3.05) is 11.4 Å². The minimum Gasteiger partial charge on any atom is -0.289 e. The molecule has 8 heteroatoms.